The lowest BCUT2D eigenvalue weighted by molar-refractivity contribution is 0.196. The summed E-state index contributed by atoms with van der Waals surface area (Å²) in [6.45, 7) is 3.72. The summed E-state index contributed by atoms with van der Waals surface area (Å²) in [5, 5.41) is 6.83. The minimum absolute atomic E-state index is 0.00967. The second-order valence-electron chi connectivity index (χ2n) is 9.47. The van der Waals surface area contributed by atoms with Crippen LogP contribution in [0.5, 0.6) is 0 Å². The van der Waals surface area contributed by atoms with E-state index in [4.69, 9.17) is 4.99 Å². The molecule has 35 heavy (non-hydrogen) atoms. The summed E-state index contributed by atoms with van der Waals surface area (Å²) in [7, 11) is 0. The third kappa shape index (κ3) is 4.37. The molecule has 6 heteroatoms. The molecule has 1 aromatic heterocycles. The molecule has 2 aromatic carbocycles. The second kappa shape index (κ2) is 9.47. The van der Waals surface area contributed by atoms with Gasteiger partial charge in [-0.1, -0.05) is 54.6 Å². The van der Waals surface area contributed by atoms with Crippen molar-refractivity contribution in [3.05, 3.63) is 101 Å². The molecular formula is C29H29N5O. The van der Waals surface area contributed by atoms with Gasteiger partial charge in [0.2, 0.25) is 0 Å². The standard InChI is InChI=1S/C29H29N5O/c35-29(34-14-11-24-16-32-28(26(24)19-34)21-9-12-30-13-10-21)33-27-18-31-17-25(27)23-8-4-7-22(15-23)20-5-2-1-3-6-20/h1-10,12-13,15,25,27,31H,11,14,16-19H2,(H,33,35)/t25-,27?/m0/s1. The minimum atomic E-state index is 0.00967. The van der Waals surface area contributed by atoms with Gasteiger partial charge in [0.05, 0.1) is 18.3 Å². The van der Waals surface area contributed by atoms with Gasteiger partial charge in [0.1, 0.15) is 0 Å². The van der Waals surface area contributed by atoms with Crippen molar-refractivity contribution in [3.63, 3.8) is 0 Å². The van der Waals surface area contributed by atoms with E-state index in [1.54, 1.807) is 12.4 Å². The van der Waals surface area contributed by atoms with Crippen molar-refractivity contribution in [1.29, 1.82) is 0 Å². The Hall–Kier alpha value is -3.77. The van der Waals surface area contributed by atoms with Crippen LogP contribution in [0.15, 0.2) is 95.3 Å². The highest BCUT2D eigenvalue weighted by Gasteiger charge is 2.33. The highest BCUT2D eigenvalue weighted by molar-refractivity contribution is 6.15. The molecule has 0 aliphatic carbocycles. The summed E-state index contributed by atoms with van der Waals surface area (Å²) in [5.41, 5.74) is 8.33. The first-order valence-electron chi connectivity index (χ1n) is 12.3. The van der Waals surface area contributed by atoms with Gasteiger partial charge in [-0.2, -0.15) is 0 Å². The van der Waals surface area contributed by atoms with E-state index in [1.165, 1.54) is 27.8 Å². The topological polar surface area (TPSA) is 69.6 Å². The lowest BCUT2D eigenvalue weighted by atomic mass is 9.91. The summed E-state index contributed by atoms with van der Waals surface area (Å²) in [4.78, 5) is 24.2. The second-order valence-corrected chi connectivity index (χ2v) is 9.47. The molecule has 3 aromatic rings. The SMILES string of the molecule is O=C(NC1CNC[C@H]1c1cccc(-c2ccccc2)c1)N1CCC2=C(C1)C(c1ccncc1)=NC2. The van der Waals surface area contributed by atoms with E-state index in [-0.39, 0.29) is 18.0 Å². The Kier molecular flexibility index (Phi) is 5.88. The molecule has 0 saturated carbocycles. The average Bonchev–Trinajstić information content (AvgIpc) is 3.56. The lowest BCUT2D eigenvalue weighted by Gasteiger charge is -2.31. The zero-order chi connectivity index (χ0) is 23.6. The van der Waals surface area contributed by atoms with E-state index < -0.39 is 0 Å². The fourth-order valence-electron chi connectivity index (χ4n) is 5.45. The van der Waals surface area contributed by atoms with E-state index in [0.717, 1.165) is 43.9 Å². The van der Waals surface area contributed by atoms with Crippen LogP contribution in [0.2, 0.25) is 0 Å². The summed E-state index contributed by atoms with van der Waals surface area (Å²) in [6.07, 6.45) is 4.47. The van der Waals surface area contributed by atoms with E-state index in [0.29, 0.717) is 6.54 Å². The minimum Gasteiger partial charge on any atom is -0.333 e. The molecule has 1 saturated heterocycles. The summed E-state index contributed by atoms with van der Waals surface area (Å²) < 4.78 is 0. The normalized spacial score (nSPS) is 21.6. The van der Waals surface area contributed by atoms with E-state index in [2.05, 4.69) is 64.1 Å². The highest BCUT2D eigenvalue weighted by Crippen LogP contribution is 2.30. The third-order valence-electron chi connectivity index (χ3n) is 7.36. The molecule has 3 aliphatic rings. The number of amides is 2. The van der Waals surface area contributed by atoms with Crippen molar-refractivity contribution < 1.29 is 4.79 Å². The number of aromatic nitrogens is 1. The van der Waals surface area contributed by atoms with Crippen LogP contribution in [-0.4, -0.2) is 60.4 Å². The largest absolute Gasteiger partial charge is 0.333 e. The van der Waals surface area contributed by atoms with E-state index >= 15 is 0 Å². The molecule has 2 atom stereocenters. The van der Waals surface area contributed by atoms with Crippen LogP contribution in [0.25, 0.3) is 11.1 Å². The highest BCUT2D eigenvalue weighted by atomic mass is 16.2. The molecule has 3 aliphatic heterocycles. The van der Waals surface area contributed by atoms with Crippen molar-refractivity contribution in [2.45, 2.75) is 18.4 Å². The Morgan fingerprint density at radius 1 is 0.943 bits per heavy atom. The predicted octanol–water partition coefficient (Wildman–Crippen LogP) is 4.02. The maximum absolute atomic E-state index is 13.4. The third-order valence-corrected chi connectivity index (χ3v) is 7.36. The van der Waals surface area contributed by atoms with Crippen LogP contribution in [0.3, 0.4) is 0 Å². The van der Waals surface area contributed by atoms with Gasteiger partial charge in [0, 0.05) is 50.1 Å². The monoisotopic (exact) mass is 463 g/mol. The fourth-order valence-corrected chi connectivity index (χ4v) is 5.45. The zero-order valence-electron chi connectivity index (χ0n) is 19.7. The number of benzene rings is 2. The number of pyridine rings is 1. The van der Waals surface area contributed by atoms with Gasteiger partial charge in [-0.15, -0.1) is 0 Å². The fraction of sp³-hybridized carbons (Fsp3) is 0.276. The smallest absolute Gasteiger partial charge is 0.317 e. The Bertz CT molecular complexity index is 1280. The number of nitrogens with zero attached hydrogens (tertiary/aromatic N) is 3. The molecule has 0 bridgehead atoms. The summed E-state index contributed by atoms with van der Waals surface area (Å²) >= 11 is 0. The first-order valence-corrected chi connectivity index (χ1v) is 12.3. The van der Waals surface area contributed by atoms with Gasteiger partial charge in [-0.3, -0.25) is 9.98 Å². The molecule has 1 unspecified atom stereocenters. The molecule has 2 amide bonds. The maximum atomic E-state index is 13.4. The van der Waals surface area contributed by atoms with Crippen molar-refractivity contribution in [2.24, 2.45) is 4.99 Å². The van der Waals surface area contributed by atoms with Gasteiger partial charge in [-0.25, -0.2) is 4.79 Å². The van der Waals surface area contributed by atoms with Gasteiger partial charge in [-0.05, 0) is 46.4 Å². The van der Waals surface area contributed by atoms with Crippen LogP contribution < -0.4 is 10.6 Å². The van der Waals surface area contributed by atoms with Crippen LogP contribution in [0.4, 0.5) is 4.79 Å². The molecular weight excluding hydrogens is 434 g/mol. The number of rotatable bonds is 4. The Labute approximate surface area is 205 Å². The summed E-state index contributed by atoms with van der Waals surface area (Å²) in [5.74, 6) is 0.239. The number of urea groups is 1. The Morgan fingerprint density at radius 2 is 1.77 bits per heavy atom. The van der Waals surface area contributed by atoms with Crippen molar-refractivity contribution in [3.8, 4) is 11.1 Å². The maximum Gasteiger partial charge on any atom is 0.317 e. The van der Waals surface area contributed by atoms with Crippen molar-refractivity contribution >= 4 is 11.7 Å². The molecule has 0 radical (unpaired) electrons. The van der Waals surface area contributed by atoms with Gasteiger partial charge >= 0.3 is 6.03 Å². The van der Waals surface area contributed by atoms with Crippen LogP contribution in [0.1, 0.15) is 23.5 Å². The molecule has 176 valence electrons. The first kappa shape index (κ1) is 21.7. The van der Waals surface area contributed by atoms with E-state index in [1.807, 2.05) is 23.1 Å². The summed E-state index contributed by atoms with van der Waals surface area (Å²) in [6, 6.07) is 23.2. The molecule has 6 rings (SSSR count). The van der Waals surface area contributed by atoms with E-state index in [9.17, 15) is 4.79 Å². The van der Waals surface area contributed by atoms with Gasteiger partial charge in [0.15, 0.2) is 0 Å². The number of carbonyl (C=O) groups is 1. The first-order chi connectivity index (χ1) is 17.3. The predicted molar refractivity (Wildman–Crippen MR) is 139 cm³/mol. The zero-order valence-corrected chi connectivity index (χ0v) is 19.7. The van der Waals surface area contributed by atoms with Gasteiger partial charge in [0.25, 0.3) is 0 Å². The number of hydrogen-bond donors (Lipinski definition) is 2. The molecule has 2 N–H and O–H groups in total. The number of nitrogens with one attached hydrogen (secondary N) is 2. The Balaban J connectivity index is 1.15. The van der Waals surface area contributed by atoms with Crippen LogP contribution in [0, 0.1) is 0 Å². The van der Waals surface area contributed by atoms with Crippen molar-refractivity contribution in [2.75, 3.05) is 32.7 Å². The number of aliphatic imine (C=N–C) groups is 1. The molecule has 0 spiro atoms. The quantitative estimate of drug-likeness (QED) is 0.614. The lowest BCUT2D eigenvalue weighted by Crippen LogP contribution is -2.49. The molecule has 4 heterocycles. The van der Waals surface area contributed by atoms with Crippen LogP contribution in [-0.2, 0) is 0 Å². The van der Waals surface area contributed by atoms with Gasteiger partial charge < -0.3 is 15.5 Å². The molecule has 6 nitrogen and oxygen atoms in total. The molecule has 1 fully saturated rings. The number of carbonyl (C=O) groups excluding carboxylic acids is 1. The Morgan fingerprint density at radius 3 is 2.63 bits per heavy atom. The number of hydrogen-bond acceptors (Lipinski definition) is 4. The van der Waals surface area contributed by atoms with Crippen molar-refractivity contribution in [1.82, 2.24) is 20.5 Å². The van der Waals surface area contributed by atoms with Crippen LogP contribution >= 0.6 is 0 Å². The average molecular weight is 464 g/mol.